The molecule has 0 radical (unpaired) electrons. The molecule has 39 heavy (non-hydrogen) atoms. The first kappa shape index (κ1) is 24.1. The zero-order valence-electron chi connectivity index (χ0n) is 22.5. The average molecular weight is 511 g/mol. The van der Waals surface area contributed by atoms with E-state index in [0.29, 0.717) is 11.8 Å². The molecule has 2 aliphatic rings. The first-order valence-electron chi connectivity index (χ1n) is 14.1. The van der Waals surface area contributed by atoms with Crippen LogP contribution in [0.2, 0.25) is 0 Å². The minimum atomic E-state index is -0.239. The Balaban J connectivity index is 1.43. The second-order valence-electron chi connectivity index (χ2n) is 12.2. The number of benzene rings is 4. The summed E-state index contributed by atoms with van der Waals surface area (Å²) in [5, 5.41) is 9.42. The summed E-state index contributed by atoms with van der Waals surface area (Å²) in [5.74, 6) is 1.82. The van der Waals surface area contributed by atoms with Gasteiger partial charge in [0.1, 0.15) is 0 Å². The summed E-state index contributed by atoms with van der Waals surface area (Å²) in [5.41, 5.74) is 4.93. The van der Waals surface area contributed by atoms with Gasteiger partial charge in [0.15, 0.2) is 0 Å². The van der Waals surface area contributed by atoms with E-state index < -0.39 is 0 Å². The monoisotopic (exact) mass is 510 g/mol. The van der Waals surface area contributed by atoms with Crippen molar-refractivity contribution in [3.05, 3.63) is 144 Å². The minimum Gasteiger partial charge on any atom is -0.420 e. The molecule has 2 aliphatic carbocycles. The summed E-state index contributed by atoms with van der Waals surface area (Å²) in [4.78, 5) is 0. The molecule has 4 aromatic carbocycles. The van der Waals surface area contributed by atoms with Gasteiger partial charge in [-0.3, -0.25) is 0 Å². The Kier molecular flexibility index (Phi) is 5.77. The molecule has 2 saturated carbocycles. The van der Waals surface area contributed by atoms with Crippen molar-refractivity contribution in [3.8, 4) is 11.5 Å². The summed E-state index contributed by atoms with van der Waals surface area (Å²) in [6, 6.07) is 43.6. The SMILES string of the molecule is C[C@@]1(c2ccccc2)CC2(c3ccccc3)CC(c3ccccc3)CC(c3nnc(-c4ccccc4)o3)(C2)C1. The highest BCUT2D eigenvalue weighted by Gasteiger charge is 2.60. The number of fused-ring (bicyclic) bond motifs is 2. The Labute approximate surface area is 230 Å². The summed E-state index contributed by atoms with van der Waals surface area (Å²) < 4.78 is 6.66. The predicted octanol–water partition coefficient (Wildman–Crippen LogP) is 8.63. The Morgan fingerprint density at radius 2 is 1.13 bits per heavy atom. The number of hydrogen-bond acceptors (Lipinski definition) is 3. The summed E-state index contributed by atoms with van der Waals surface area (Å²) in [7, 11) is 0. The highest BCUT2D eigenvalue weighted by atomic mass is 16.4. The molecule has 7 rings (SSSR count). The molecule has 0 spiro atoms. The molecule has 1 aromatic heterocycles. The largest absolute Gasteiger partial charge is 0.420 e. The van der Waals surface area contributed by atoms with Gasteiger partial charge in [0.05, 0.1) is 5.41 Å². The van der Waals surface area contributed by atoms with E-state index in [-0.39, 0.29) is 16.2 Å². The van der Waals surface area contributed by atoms with Crippen molar-refractivity contribution in [2.24, 2.45) is 0 Å². The van der Waals surface area contributed by atoms with Crippen LogP contribution >= 0.6 is 0 Å². The average Bonchev–Trinajstić information content (AvgIpc) is 3.50. The van der Waals surface area contributed by atoms with Crippen LogP contribution in [0, 0.1) is 0 Å². The van der Waals surface area contributed by atoms with Crippen LogP contribution in [0.1, 0.15) is 67.5 Å². The highest BCUT2D eigenvalue weighted by molar-refractivity contribution is 5.52. The first-order valence-corrected chi connectivity index (χ1v) is 14.1. The Hall–Kier alpha value is -3.98. The quantitative estimate of drug-likeness (QED) is 0.237. The standard InChI is InChI=1S/C36H34N2O/c1-34(30-18-10-4-11-19-30)24-35(31-20-12-5-13-21-31)22-29(27-14-6-2-7-15-27)23-36(25-34,26-35)33-38-37-32(39-33)28-16-8-3-9-17-28/h2-21,29H,22-26H2,1H3/t29?,34-,35?,36?/m1/s1. The normalized spacial score (nSPS) is 28.2. The van der Waals surface area contributed by atoms with Gasteiger partial charge >= 0.3 is 0 Å². The first-order chi connectivity index (χ1) is 19.1. The summed E-state index contributed by atoms with van der Waals surface area (Å²) >= 11 is 0. The molecule has 0 N–H and O–H groups in total. The number of hydrogen-bond donors (Lipinski definition) is 0. The molecule has 3 nitrogen and oxygen atoms in total. The molecule has 3 unspecified atom stereocenters. The lowest BCUT2D eigenvalue weighted by Gasteiger charge is -2.59. The zero-order chi connectivity index (χ0) is 26.3. The van der Waals surface area contributed by atoms with Gasteiger partial charge in [-0.1, -0.05) is 116 Å². The highest BCUT2D eigenvalue weighted by Crippen LogP contribution is 2.65. The molecule has 1 heterocycles. The topological polar surface area (TPSA) is 38.9 Å². The van der Waals surface area contributed by atoms with Crippen LogP contribution in [0.15, 0.2) is 126 Å². The van der Waals surface area contributed by atoms with Crippen LogP contribution in [-0.2, 0) is 16.2 Å². The van der Waals surface area contributed by atoms with Crippen LogP contribution < -0.4 is 0 Å². The molecular formula is C36H34N2O. The molecule has 4 atom stereocenters. The third-order valence-electron chi connectivity index (χ3n) is 9.44. The molecule has 0 amide bonds. The second kappa shape index (κ2) is 9.34. The summed E-state index contributed by atoms with van der Waals surface area (Å²) in [6.45, 7) is 2.46. The maximum Gasteiger partial charge on any atom is 0.247 e. The minimum absolute atomic E-state index is 0.00968. The molecular weight excluding hydrogens is 476 g/mol. The van der Waals surface area contributed by atoms with E-state index in [1.165, 1.54) is 16.7 Å². The fraction of sp³-hybridized carbons (Fsp3) is 0.278. The Morgan fingerprint density at radius 1 is 0.590 bits per heavy atom. The molecule has 2 bridgehead atoms. The van der Waals surface area contributed by atoms with Gasteiger partial charge in [-0.15, -0.1) is 10.2 Å². The van der Waals surface area contributed by atoms with Crippen LogP contribution in [0.25, 0.3) is 11.5 Å². The van der Waals surface area contributed by atoms with Crippen LogP contribution in [0.4, 0.5) is 0 Å². The fourth-order valence-corrected chi connectivity index (χ4v) is 8.13. The fourth-order valence-electron chi connectivity index (χ4n) is 8.13. The van der Waals surface area contributed by atoms with E-state index in [4.69, 9.17) is 9.52 Å². The van der Waals surface area contributed by atoms with E-state index >= 15 is 0 Å². The number of aromatic nitrogens is 2. The van der Waals surface area contributed by atoms with Crippen molar-refractivity contribution in [1.29, 1.82) is 0 Å². The number of rotatable bonds is 5. The second-order valence-corrected chi connectivity index (χ2v) is 12.2. The maximum absolute atomic E-state index is 6.66. The lowest BCUT2D eigenvalue weighted by Crippen LogP contribution is -2.55. The molecule has 3 heteroatoms. The van der Waals surface area contributed by atoms with E-state index in [9.17, 15) is 0 Å². The van der Waals surface area contributed by atoms with E-state index in [1.54, 1.807) is 0 Å². The van der Waals surface area contributed by atoms with Gasteiger partial charge in [0.2, 0.25) is 11.8 Å². The van der Waals surface area contributed by atoms with Crippen molar-refractivity contribution in [1.82, 2.24) is 10.2 Å². The van der Waals surface area contributed by atoms with E-state index in [0.717, 1.165) is 43.6 Å². The van der Waals surface area contributed by atoms with E-state index in [1.807, 2.05) is 30.3 Å². The van der Waals surface area contributed by atoms with Crippen LogP contribution in [0.5, 0.6) is 0 Å². The molecule has 194 valence electrons. The van der Waals surface area contributed by atoms with Gasteiger partial charge in [0, 0.05) is 5.56 Å². The van der Waals surface area contributed by atoms with Crippen molar-refractivity contribution in [3.63, 3.8) is 0 Å². The third kappa shape index (κ3) is 4.21. The Morgan fingerprint density at radius 3 is 1.79 bits per heavy atom. The van der Waals surface area contributed by atoms with Crippen molar-refractivity contribution < 1.29 is 4.42 Å². The predicted molar refractivity (Wildman–Crippen MR) is 156 cm³/mol. The maximum atomic E-state index is 6.66. The Bertz CT molecular complexity index is 1550. The van der Waals surface area contributed by atoms with Gasteiger partial charge in [-0.2, -0.15) is 0 Å². The third-order valence-corrected chi connectivity index (χ3v) is 9.44. The summed E-state index contributed by atoms with van der Waals surface area (Å²) in [6.07, 6.45) is 5.22. The van der Waals surface area contributed by atoms with E-state index in [2.05, 4.69) is 103 Å². The van der Waals surface area contributed by atoms with Gasteiger partial charge in [-0.25, -0.2) is 0 Å². The van der Waals surface area contributed by atoms with Crippen LogP contribution in [0.3, 0.4) is 0 Å². The lowest BCUT2D eigenvalue weighted by molar-refractivity contribution is 0.0308. The zero-order valence-corrected chi connectivity index (χ0v) is 22.5. The van der Waals surface area contributed by atoms with Crippen molar-refractivity contribution >= 4 is 0 Å². The van der Waals surface area contributed by atoms with Crippen molar-refractivity contribution in [2.75, 3.05) is 0 Å². The van der Waals surface area contributed by atoms with Gasteiger partial charge in [0.25, 0.3) is 0 Å². The molecule has 0 aliphatic heterocycles. The lowest BCUT2D eigenvalue weighted by atomic mass is 9.43. The number of nitrogens with zero attached hydrogens (tertiary/aromatic N) is 2. The molecule has 0 saturated heterocycles. The van der Waals surface area contributed by atoms with Crippen LogP contribution in [-0.4, -0.2) is 10.2 Å². The van der Waals surface area contributed by atoms with Gasteiger partial charge < -0.3 is 4.42 Å². The van der Waals surface area contributed by atoms with Crippen molar-refractivity contribution in [2.45, 2.75) is 61.2 Å². The smallest absolute Gasteiger partial charge is 0.247 e. The molecule has 2 fully saturated rings. The van der Waals surface area contributed by atoms with Gasteiger partial charge in [-0.05, 0) is 77.7 Å². The molecule has 5 aromatic rings.